The molecule has 5 nitrogen and oxygen atoms in total. The van der Waals surface area contributed by atoms with Crippen molar-refractivity contribution in [3.05, 3.63) is 47.6 Å². The zero-order chi connectivity index (χ0) is 14.7. The van der Waals surface area contributed by atoms with Crippen LogP contribution in [0.1, 0.15) is 18.7 Å². The number of thiazole rings is 1. The Hall–Kier alpha value is -2.05. The standard InChI is InChI=1S/C15H17N5S/c1-11(2)16-8-13-9-17-15(21-13)14-10-18-20(19-14)12-6-4-3-5-7-12/h3-7,9-11,16H,8H2,1-2H3. The molecule has 0 aliphatic rings. The van der Waals surface area contributed by atoms with Crippen LogP contribution in [0.2, 0.25) is 0 Å². The van der Waals surface area contributed by atoms with Gasteiger partial charge in [0, 0.05) is 23.7 Å². The molecule has 0 unspecified atom stereocenters. The fraction of sp³-hybridized carbons (Fsp3) is 0.267. The van der Waals surface area contributed by atoms with Gasteiger partial charge in [-0.1, -0.05) is 32.0 Å². The predicted octanol–water partition coefficient (Wildman–Crippen LogP) is 2.89. The largest absolute Gasteiger partial charge is 0.310 e. The molecule has 3 rings (SSSR count). The Morgan fingerprint density at radius 3 is 2.76 bits per heavy atom. The van der Waals surface area contributed by atoms with Gasteiger partial charge in [0.2, 0.25) is 0 Å². The first-order valence-electron chi connectivity index (χ1n) is 6.88. The molecule has 0 saturated heterocycles. The SMILES string of the molecule is CC(C)NCc1cnc(-c2cnn(-c3ccccc3)n2)s1. The van der Waals surface area contributed by atoms with E-state index in [1.165, 1.54) is 4.88 Å². The highest BCUT2D eigenvalue weighted by molar-refractivity contribution is 7.14. The second-order valence-corrected chi connectivity index (χ2v) is 6.14. The van der Waals surface area contributed by atoms with E-state index in [9.17, 15) is 0 Å². The summed E-state index contributed by atoms with van der Waals surface area (Å²) in [6.07, 6.45) is 3.66. The van der Waals surface area contributed by atoms with Crippen molar-refractivity contribution >= 4 is 11.3 Å². The highest BCUT2D eigenvalue weighted by Gasteiger charge is 2.10. The van der Waals surface area contributed by atoms with Gasteiger partial charge < -0.3 is 5.32 Å². The first-order chi connectivity index (χ1) is 10.2. The molecule has 1 aromatic carbocycles. The maximum Gasteiger partial charge on any atom is 0.145 e. The third kappa shape index (κ3) is 3.34. The van der Waals surface area contributed by atoms with Crippen molar-refractivity contribution in [2.24, 2.45) is 0 Å². The van der Waals surface area contributed by atoms with Crippen molar-refractivity contribution in [1.82, 2.24) is 25.3 Å². The molecule has 1 N–H and O–H groups in total. The monoisotopic (exact) mass is 299 g/mol. The molecule has 0 amide bonds. The lowest BCUT2D eigenvalue weighted by Crippen LogP contribution is -2.21. The normalized spacial score (nSPS) is 11.2. The lowest BCUT2D eigenvalue weighted by Gasteiger charge is -2.04. The molecule has 0 aliphatic carbocycles. The van der Waals surface area contributed by atoms with E-state index in [2.05, 4.69) is 34.3 Å². The van der Waals surface area contributed by atoms with Crippen molar-refractivity contribution in [3.8, 4) is 16.4 Å². The summed E-state index contributed by atoms with van der Waals surface area (Å²) in [7, 11) is 0. The van der Waals surface area contributed by atoms with E-state index in [0.717, 1.165) is 22.9 Å². The Bertz CT molecular complexity index is 702. The number of hydrogen-bond acceptors (Lipinski definition) is 5. The molecular formula is C15H17N5S. The number of nitrogens with one attached hydrogen (secondary N) is 1. The average Bonchev–Trinajstić information content (AvgIpc) is 3.15. The molecular weight excluding hydrogens is 282 g/mol. The van der Waals surface area contributed by atoms with Crippen LogP contribution in [-0.4, -0.2) is 26.0 Å². The molecule has 108 valence electrons. The predicted molar refractivity (Wildman–Crippen MR) is 84.4 cm³/mol. The molecule has 0 saturated carbocycles. The average molecular weight is 299 g/mol. The van der Waals surface area contributed by atoms with Crippen molar-refractivity contribution in [2.75, 3.05) is 0 Å². The molecule has 0 radical (unpaired) electrons. The van der Waals surface area contributed by atoms with Crippen molar-refractivity contribution in [3.63, 3.8) is 0 Å². The van der Waals surface area contributed by atoms with E-state index in [-0.39, 0.29) is 0 Å². The lowest BCUT2D eigenvalue weighted by molar-refractivity contribution is 0.593. The van der Waals surface area contributed by atoms with E-state index in [0.29, 0.717) is 6.04 Å². The summed E-state index contributed by atoms with van der Waals surface area (Å²) in [5, 5.41) is 13.1. The number of aromatic nitrogens is 4. The highest BCUT2D eigenvalue weighted by atomic mass is 32.1. The van der Waals surface area contributed by atoms with Crippen LogP contribution in [0.5, 0.6) is 0 Å². The summed E-state index contributed by atoms with van der Waals surface area (Å²) in [6, 6.07) is 10.3. The Balaban J connectivity index is 1.77. The summed E-state index contributed by atoms with van der Waals surface area (Å²) in [4.78, 5) is 7.26. The van der Waals surface area contributed by atoms with Crippen LogP contribution in [0.3, 0.4) is 0 Å². The topological polar surface area (TPSA) is 55.6 Å². The fourth-order valence-electron chi connectivity index (χ4n) is 1.86. The lowest BCUT2D eigenvalue weighted by atomic mass is 10.3. The Morgan fingerprint density at radius 2 is 2.00 bits per heavy atom. The first kappa shape index (κ1) is 13.9. The van der Waals surface area contributed by atoms with Crippen molar-refractivity contribution in [2.45, 2.75) is 26.4 Å². The molecule has 0 atom stereocenters. The third-order valence-electron chi connectivity index (χ3n) is 2.94. The smallest absolute Gasteiger partial charge is 0.145 e. The first-order valence-corrected chi connectivity index (χ1v) is 7.70. The molecule has 0 spiro atoms. The van der Waals surface area contributed by atoms with Crippen LogP contribution in [0.15, 0.2) is 42.7 Å². The Labute approximate surface area is 127 Å². The van der Waals surface area contributed by atoms with Gasteiger partial charge in [-0.3, -0.25) is 0 Å². The van der Waals surface area contributed by atoms with Gasteiger partial charge in [0.05, 0.1) is 11.9 Å². The van der Waals surface area contributed by atoms with Crippen LogP contribution >= 0.6 is 11.3 Å². The van der Waals surface area contributed by atoms with Crippen LogP contribution in [0.25, 0.3) is 16.4 Å². The minimum Gasteiger partial charge on any atom is -0.310 e. The van der Waals surface area contributed by atoms with Gasteiger partial charge >= 0.3 is 0 Å². The maximum absolute atomic E-state index is 4.49. The summed E-state index contributed by atoms with van der Waals surface area (Å²) in [5.74, 6) is 0. The van der Waals surface area contributed by atoms with Crippen molar-refractivity contribution in [1.29, 1.82) is 0 Å². The summed E-state index contributed by atoms with van der Waals surface area (Å²) in [6.45, 7) is 5.10. The Kier molecular flexibility index (Phi) is 4.08. The van der Waals surface area contributed by atoms with E-state index in [1.54, 1.807) is 22.3 Å². The summed E-state index contributed by atoms with van der Waals surface area (Å²) in [5.41, 5.74) is 1.75. The minimum atomic E-state index is 0.467. The van der Waals surface area contributed by atoms with Gasteiger partial charge in [-0.2, -0.15) is 9.90 Å². The molecule has 6 heteroatoms. The summed E-state index contributed by atoms with van der Waals surface area (Å²) >= 11 is 1.65. The van der Waals surface area contributed by atoms with Crippen LogP contribution in [0.4, 0.5) is 0 Å². The Morgan fingerprint density at radius 1 is 1.19 bits per heavy atom. The van der Waals surface area contributed by atoms with Gasteiger partial charge in [-0.15, -0.1) is 16.4 Å². The second-order valence-electron chi connectivity index (χ2n) is 5.02. The number of benzene rings is 1. The van der Waals surface area contributed by atoms with Gasteiger partial charge in [0.1, 0.15) is 10.7 Å². The van der Waals surface area contributed by atoms with Crippen LogP contribution in [-0.2, 0) is 6.54 Å². The van der Waals surface area contributed by atoms with E-state index in [4.69, 9.17) is 0 Å². The number of para-hydroxylation sites is 1. The molecule has 0 fully saturated rings. The molecule has 0 aliphatic heterocycles. The number of nitrogens with zero attached hydrogens (tertiary/aromatic N) is 4. The molecule has 3 aromatic rings. The van der Waals surface area contributed by atoms with E-state index in [1.807, 2.05) is 36.5 Å². The third-order valence-corrected chi connectivity index (χ3v) is 3.96. The highest BCUT2D eigenvalue weighted by Crippen LogP contribution is 2.23. The van der Waals surface area contributed by atoms with Crippen LogP contribution in [0, 0.1) is 0 Å². The molecule has 0 bridgehead atoms. The number of rotatable bonds is 5. The minimum absolute atomic E-state index is 0.467. The number of hydrogen-bond donors (Lipinski definition) is 1. The summed E-state index contributed by atoms with van der Waals surface area (Å²) < 4.78 is 0. The fourth-order valence-corrected chi connectivity index (χ4v) is 2.67. The van der Waals surface area contributed by atoms with Crippen molar-refractivity contribution < 1.29 is 0 Å². The van der Waals surface area contributed by atoms with Gasteiger partial charge in [-0.05, 0) is 12.1 Å². The second kappa shape index (κ2) is 6.15. The van der Waals surface area contributed by atoms with Gasteiger partial charge in [0.15, 0.2) is 0 Å². The molecule has 21 heavy (non-hydrogen) atoms. The maximum atomic E-state index is 4.49. The molecule has 2 aromatic heterocycles. The van der Waals surface area contributed by atoms with Gasteiger partial charge in [-0.25, -0.2) is 4.98 Å². The quantitative estimate of drug-likeness (QED) is 0.787. The van der Waals surface area contributed by atoms with Crippen LogP contribution < -0.4 is 5.32 Å². The van der Waals surface area contributed by atoms with E-state index >= 15 is 0 Å². The zero-order valence-corrected chi connectivity index (χ0v) is 12.8. The van der Waals surface area contributed by atoms with Gasteiger partial charge in [0.25, 0.3) is 0 Å². The molecule has 2 heterocycles. The zero-order valence-electron chi connectivity index (χ0n) is 12.0. The van der Waals surface area contributed by atoms with E-state index < -0.39 is 0 Å².